The molecule has 3 N–H and O–H groups in total. The Balaban J connectivity index is 1.75. The number of anilines is 1. The van der Waals surface area contributed by atoms with E-state index in [1.807, 2.05) is 30.3 Å². The number of aliphatic hydroxyl groups is 1. The molecule has 6 nitrogen and oxygen atoms in total. The highest BCUT2D eigenvalue weighted by Gasteiger charge is 2.17. The van der Waals surface area contributed by atoms with Crippen LogP contribution in [0.4, 0.5) is 5.82 Å². The van der Waals surface area contributed by atoms with Crippen molar-refractivity contribution in [1.29, 1.82) is 0 Å². The summed E-state index contributed by atoms with van der Waals surface area (Å²) in [5, 5.41) is 10.4. The molecule has 0 aliphatic carbocycles. The number of rotatable bonds is 7. The molecule has 0 bridgehead atoms. The highest BCUT2D eigenvalue weighted by Crippen LogP contribution is 2.17. The average molecular weight is 324 g/mol. The molecule has 0 saturated carbocycles. The van der Waals surface area contributed by atoms with E-state index in [0.29, 0.717) is 37.0 Å². The summed E-state index contributed by atoms with van der Waals surface area (Å²) in [4.78, 5) is 10.6. The highest BCUT2D eigenvalue weighted by molar-refractivity contribution is 5.25. The fourth-order valence-corrected chi connectivity index (χ4v) is 2.53. The topological polar surface area (TPSA) is 88.4 Å². The van der Waals surface area contributed by atoms with Crippen molar-refractivity contribution >= 4 is 5.82 Å². The van der Waals surface area contributed by atoms with Gasteiger partial charge in [-0.05, 0) is 23.8 Å². The lowest BCUT2D eigenvalue weighted by molar-refractivity contribution is 0.0860. The lowest BCUT2D eigenvalue weighted by Gasteiger charge is -2.23. The molecule has 3 aromatic rings. The maximum absolute atomic E-state index is 10.4. The summed E-state index contributed by atoms with van der Waals surface area (Å²) in [5.41, 5.74) is 6.88. The van der Waals surface area contributed by atoms with Gasteiger partial charge < -0.3 is 15.3 Å². The molecule has 2 aromatic heterocycles. The minimum absolute atomic E-state index is 0.403. The second kappa shape index (κ2) is 7.72. The predicted octanol–water partition coefficient (Wildman–Crippen LogP) is 2.39. The maximum Gasteiger partial charge on any atom is 0.144 e. The Kier molecular flexibility index (Phi) is 5.20. The smallest absolute Gasteiger partial charge is 0.144 e. The standard InChI is InChI=1S/C18H20N4O2/c19-17-8-9-20-18(21-17)13-22(11-14-5-2-1-3-6-14)12-15(23)16-7-4-10-24-16/h1-10,15,23H,11-13H2,(H2,19,20,21). The van der Waals surface area contributed by atoms with Crippen molar-refractivity contribution in [2.24, 2.45) is 0 Å². The number of hydrogen-bond acceptors (Lipinski definition) is 6. The molecule has 124 valence electrons. The molecule has 24 heavy (non-hydrogen) atoms. The zero-order valence-electron chi connectivity index (χ0n) is 13.2. The van der Waals surface area contributed by atoms with Crippen molar-refractivity contribution in [3.8, 4) is 0 Å². The van der Waals surface area contributed by atoms with Gasteiger partial charge in [-0.15, -0.1) is 0 Å². The lowest BCUT2D eigenvalue weighted by atomic mass is 10.2. The van der Waals surface area contributed by atoms with E-state index in [-0.39, 0.29) is 0 Å². The number of nitrogens with zero attached hydrogens (tertiary/aromatic N) is 3. The molecule has 0 saturated heterocycles. The van der Waals surface area contributed by atoms with Crippen molar-refractivity contribution in [3.63, 3.8) is 0 Å². The molecule has 3 rings (SSSR count). The summed E-state index contributed by atoms with van der Waals surface area (Å²) in [6.45, 7) is 1.55. The van der Waals surface area contributed by atoms with Gasteiger partial charge in [0.25, 0.3) is 0 Å². The number of nitrogen functional groups attached to an aromatic ring is 1. The molecule has 1 aromatic carbocycles. The summed E-state index contributed by atoms with van der Waals surface area (Å²) in [5.74, 6) is 1.60. The van der Waals surface area contributed by atoms with Crippen LogP contribution in [-0.4, -0.2) is 26.5 Å². The first-order valence-corrected chi connectivity index (χ1v) is 7.76. The van der Waals surface area contributed by atoms with E-state index in [1.54, 1.807) is 30.7 Å². The molecule has 2 heterocycles. The van der Waals surface area contributed by atoms with Gasteiger partial charge in [0.05, 0.1) is 12.8 Å². The first-order chi connectivity index (χ1) is 11.7. The van der Waals surface area contributed by atoms with Gasteiger partial charge >= 0.3 is 0 Å². The minimum Gasteiger partial charge on any atom is -0.467 e. The van der Waals surface area contributed by atoms with E-state index < -0.39 is 6.10 Å². The third-order valence-electron chi connectivity index (χ3n) is 3.64. The van der Waals surface area contributed by atoms with Gasteiger partial charge in [-0.2, -0.15) is 0 Å². The van der Waals surface area contributed by atoms with Crippen LogP contribution in [0.15, 0.2) is 65.4 Å². The molecule has 0 amide bonds. The largest absolute Gasteiger partial charge is 0.467 e. The van der Waals surface area contributed by atoms with Gasteiger partial charge in [0.1, 0.15) is 23.5 Å². The Labute approximate surface area is 140 Å². The van der Waals surface area contributed by atoms with Gasteiger partial charge in [0, 0.05) is 19.3 Å². The van der Waals surface area contributed by atoms with E-state index in [9.17, 15) is 5.11 Å². The Morgan fingerprint density at radius 2 is 1.92 bits per heavy atom. The van der Waals surface area contributed by atoms with E-state index in [2.05, 4.69) is 14.9 Å². The fourth-order valence-electron chi connectivity index (χ4n) is 2.53. The van der Waals surface area contributed by atoms with Gasteiger partial charge in [0.2, 0.25) is 0 Å². The fraction of sp³-hybridized carbons (Fsp3) is 0.222. The molecule has 1 atom stereocenters. The summed E-state index contributed by atoms with van der Waals surface area (Å²) >= 11 is 0. The van der Waals surface area contributed by atoms with E-state index in [1.165, 1.54) is 0 Å². The maximum atomic E-state index is 10.4. The molecule has 1 unspecified atom stereocenters. The Morgan fingerprint density at radius 3 is 2.62 bits per heavy atom. The highest BCUT2D eigenvalue weighted by atomic mass is 16.4. The van der Waals surface area contributed by atoms with Crippen LogP contribution in [0, 0.1) is 0 Å². The second-order valence-corrected chi connectivity index (χ2v) is 5.58. The summed E-state index contributed by atoms with van der Waals surface area (Å²) in [6.07, 6.45) is 2.48. The number of furan rings is 1. The van der Waals surface area contributed by atoms with Crippen molar-refractivity contribution in [2.75, 3.05) is 12.3 Å². The van der Waals surface area contributed by atoms with Crippen LogP contribution in [0.5, 0.6) is 0 Å². The Hall–Kier alpha value is -2.70. The summed E-state index contributed by atoms with van der Waals surface area (Å²) < 4.78 is 5.29. The number of nitrogens with two attached hydrogens (primary N) is 1. The molecular formula is C18H20N4O2. The summed E-state index contributed by atoms with van der Waals surface area (Å²) in [7, 11) is 0. The van der Waals surface area contributed by atoms with Crippen molar-refractivity contribution in [3.05, 3.63) is 78.1 Å². The van der Waals surface area contributed by atoms with Crippen LogP contribution in [0.25, 0.3) is 0 Å². The SMILES string of the molecule is Nc1ccnc(CN(Cc2ccccc2)CC(O)c2ccco2)n1. The lowest BCUT2D eigenvalue weighted by Crippen LogP contribution is -2.28. The van der Waals surface area contributed by atoms with Crippen molar-refractivity contribution in [2.45, 2.75) is 19.2 Å². The third kappa shape index (κ3) is 4.41. The molecule has 0 spiro atoms. The van der Waals surface area contributed by atoms with Crippen LogP contribution in [0.2, 0.25) is 0 Å². The second-order valence-electron chi connectivity index (χ2n) is 5.58. The normalized spacial score (nSPS) is 12.4. The van der Waals surface area contributed by atoms with Crippen molar-refractivity contribution < 1.29 is 9.52 Å². The quantitative estimate of drug-likeness (QED) is 0.694. The van der Waals surface area contributed by atoms with Crippen LogP contribution < -0.4 is 5.73 Å². The van der Waals surface area contributed by atoms with Gasteiger partial charge in [0.15, 0.2) is 0 Å². The number of aliphatic hydroxyl groups excluding tert-OH is 1. The summed E-state index contributed by atoms with van der Waals surface area (Å²) in [6, 6.07) is 15.2. The molecule has 0 aliphatic rings. The Morgan fingerprint density at radius 1 is 1.08 bits per heavy atom. The molecule has 6 heteroatoms. The van der Waals surface area contributed by atoms with Gasteiger partial charge in [-0.1, -0.05) is 30.3 Å². The van der Waals surface area contributed by atoms with Crippen LogP contribution >= 0.6 is 0 Å². The van der Waals surface area contributed by atoms with Gasteiger partial charge in [-0.3, -0.25) is 4.90 Å². The predicted molar refractivity (Wildman–Crippen MR) is 90.7 cm³/mol. The van der Waals surface area contributed by atoms with Crippen LogP contribution in [-0.2, 0) is 13.1 Å². The van der Waals surface area contributed by atoms with Crippen LogP contribution in [0.3, 0.4) is 0 Å². The monoisotopic (exact) mass is 324 g/mol. The first kappa shape index (κ1) is 16.2. The van der Waals surface area contributed by atoms with E-state index in [0.717, 1.165) is 5.56 Å². The number of aromatic nitrogens is 2. The Bertz CT molecular complexity index is 747. The van der Waals surface area contributed by atoms with E-state index >= 15 is 0 Å². The molecule has 0 radical (unpaired) electrons. The first-order valence-electron chi connectivity index (χ1n) is 7.76. The zero-order chi connectivity index (χ0) is 16.8. The number of benzene rings is 1. The third-order valence-corrected chi connectivity index (χ3v) is 3.64. The van der Waals surface area contributed by atoms with Crippen molar-refractivity contribution in [1.82, 2.24) is 14.9 Å². The molecular weight excluding hydrogens is 304 g/mol. The zero-order valence-corrected chi connectivity index (χ0v) is 13.2. The number of hydrogen-bond donors (Lipinski definition) is 2. The average Bonchev–Trinajstić information content (AvgIpc) is 3.10. The van der Waals surface area contributed by atoms with Gasteiger partial charge in [-0.25, -0.2) is 9.97 Å². The molecule has 0 fully saturated rings. The van der Waals surface area contributed by atoms with E-state index in [4.69, 9.17) is 10.2 Å². The molecule has 0 aliphatic heterocycles. The minimum atomic E-state index is -0.718. The van der Waals surface area contributed by atoms with Crippen LogP contribution in [0.1, 0.15) is 23.3 Å².